The molecular formula is C26H22F3N3OS2. The molecule has 9 heteroatoms. The van der Waals surface area contributed by atoms with E-state index in [1.165, 1.54) is 24.1 Å². The largest absolute Gasteiger partial charge is 0.416 e. The summed E-state index contributed by atoms with van der Waals surface area (Å²) in [7, 11) is 3.93. The van der Waals surface area contributed by atoms with Crippen LogP contribution in [0.2, 0.25) is 0 Å². The summed E-state index contributed by atoms with van der Waals surface area (Å²) in [5, 5.41) is 0. The van der Waals surface area contributed by atoms with Gasteiger partial charge in [-0.1, -0.05) is 12.1 Å². The Balaban J connectivity index is 1.49. The fourth-order valence-corrected chi connectivity index (χ4v) is 5.06. The lowest BCUT2D eigenvalue weighted by Gasteiger charge is -2.12. The normalized spacial score (nSPS) is 11.6. The highest BCUT2D eigenvalue weighted by atomic mass is 32.2. The quantitative estimate of drug-likeness (QED) is 0.195. The smallest absolute Gasteiger partial charge is 0.324 e. The first-order chi connectivity index (χ1) is 16.7. The molecule has 180 valence electrons. The van der Waals surface area contributed by atoms with Crippen molar-refractivity contribution in [3.05, 3.63) is 89.7 Å². The van der Waals surface area contributed by atoms with E-state index in [4.69, 9.17) is 0 Å². The van der Waals surface area contributed by atoms with Gasteiger partial charge in [-0.05, 0) is 85.7 Å². The molecule has 0 radical (unpaired) electrons. The lowest BCUT2D eigenvalue weighted by atomic mass is 10.0. The van der Waals surface area contributed by atoms with E-state index in [1.807, 2.05) is 49.3 Å². The zero-order valence-corrected chi connectivity index (χ0v) is 20.6. The van der Waals surface area contributed by atoms with Crippen LogP contribution in [0.3, 0.4) is 0 Å². The van der Waals surface area contributed by atoms with E-state index in [9.17, 15) is 18.0 Å². The third kappa shape index (κ3) is 6.30. The Bertz CT molecular complexity index is 1320. The van der Waals surface area contributed by atoms with E-state index in [1.54, 1.807) is 23.7 Å². The number of rotatable bonds is 8. The number of pyridine rings is 1. The highest BCUT2D eigenvalue weighted by Gasteiger charge is 2.29. The summed E-state index contributed by atoms with van der Waals surface area (Å²) in [4.78, 5) is 20.5. The van der Waals surface area contributed by atoms with Gasteiger partial charge in [-0.2, -0.15) is 13.2 Å². The summed E-state index contributed by atoms with van der Waals surface area (Å²) in [6.45, 7) is 0.675. The molecule has 0 spiro atoms. The van der Waals surface area contributed by atoms with E-state index >= 15 is 0 Å². The maximum Gasteiger partial charge on any atom is 0.416 e. The lowest BCUT2D eigenvalue weighted by molar-refractivity contribution is -0.137. The summed E-state index contributed by atoms with van der Waals surface area (Å²) in [6, 6.07) is 16.9. The molecule has 2 aromatic carbocycles. The van der Waals surface area contributed by atoms with Gasteiger partial charge < -0.3 is 9.62 Å². The molecule has 0 saturated carbocycles. The summed E-state index contributed by atoms with van der Waals surface area (Å²) in [6.07, 6.45) is -0.0223. The van der Waals surface area contributed by atoms with Gasteiger partial charge in [-0.15, -0.1) is 11.3 Å². The molecule has 2 heterocycles. The first-order valence-electron chi connectivity index (χ1n) is 10.6. The standard InChI is InChI=1S/C26H22F3N3OS2/c1-32(2)15-20-11-17(3-4-18(20)16-33)24-9-10-25(34-24)19-12-22(14-30-13-19)31-35-23-7-5-21(6-8-23)26(27,28)29/h3-14,16,31H,15H2,1-2H3. The number of nitrogens with one attached hydrogen (secondary N) is 1. The number of aldehydes is 1. The minimum Gasteiger partial charge on any atom is -0.324 e. The predicted octanol–water partition coefficient (Wildman–Crippen LogP) is 7.49. The summed E-state index contributed by atoms with van der Waals surface area (Å²) >= 11 is 2.85. The van der Waals surface area contributed by atoms with Crippen molar-refractivity contribution in [1.29, 1.82) is 0 Å². The molecule has 2 aromatic heterocycles. The molecule has 4 aromatic rings. The van der Waals surface area contributed by atoms with Crippen molar-refractivity contribution in [2.45, 2.75) is 17.6 Å². The van der Waals surface area contributed by atoms with Crippen molar-refractivity contribution in [3.8, 4) is 20.9 Å². The Morgan fingerprint density at radius 3 is 2.34 bits per heavy atom. The number of thiophene rings is 1. The molecule has 0 saturated heterocycles. The van der Waals surface area contributed by atoms with Gasteiger partial charge >= 0.3 is 6.18 Å². The molecule has 0 aliphatic carbocycles. The Labute approximate surface area is 210 Å². The molecule has 4 rings (SSSR count). The second-order valence-corrected chi connectivity index (χ2v) is 10.1. The lowest BCUT2D eigenvalue weighted by Crippen LogP contribution is -2.12. The second kappa shape index (κ2) is 10.6. The van der Waals surface area contributed by atoms with Crippen LogP contribution < -0.4 is 4.72 Å². The molecule has 0 aliphatic rings. The highest BCUT2D eigenvalue weighted by Crippen LogP contribution is 2.36. The molecular weight excluding hydrogens is 491 g/mol. The van der Waals surface area contributed by atoms with Crippen LogP contribution in [0.4, 0.5) is 18.9 Å². The number of hydrogen-bond donors (Lipinski definition) is 1. The van der Waals surface area contributed by atoms with Crippen molar-refractivity contribution >= 4 is 35.3 Å². The monoisotopic (exact) mass is 513 g/mol. The van der Waals surface area contributed by atoms with E-state index < -0.39 is 11.7 Å². The van der Waals surface area contributed by atoms with Crippen LogP contribution in [-0.2, 0) is 12.7 Å². The molecule has 0 amide bonds. The van der Waals surface area contributed by atoms with Crippen LogP contribution in [0.25, 0.3) is 20.9 Å². The summed E-state index contributed by atoms with van der Waals surface area (Å²) in [5.74, 6) is 0. The van der Waals surface area contributed by atoms with Crippen molar-refractivity contribution in [2.75, 3.05) is 18.8 Å². The Morgan fingerprint density at radius 1 is 0.971 bits per heavy atom. The van der Waals surface area contributed by atoms with Crippen molar-refractivity contribution < 1.29 is 18.0 Å². The molecule has 0 fully saturated rings. The number of aromatic nitrogens is 1. The summed E-state index contributed by atoms with van der Waals surface area (Å²) in [5.41, 5.74) is 3.71. The highest BCUT2D eigenvalue weighted by molar-refractivity contribution is 8.00. The maximum atomic E-state index is 12.7. The van der Waals surface area contributed by atoms with Gasteiger partial charge in [0.1, 0.15) is 6.29 Å². The number of carbonyl (C=O) groups excluding carboxylic acids is 1. The number of halogens is 3. The van der Waals surface area contributed by atoms with E-state index in [0.29, 0.717) is 17.0 Å². The zero-order valence-electron chi connectivity index (χ0n) is 19.0. The third-order valence-electron chi connectivity index (χ3n) is 5.14. The Morgan fingerprint density at radius 2 is 1.69 bits per heavy atom. The SMILES string of the molecule is CN(C)Cc1cc(-c2ccc(-c3cncc(NSc4ccc(C(F)(F)F)cc4)c3)s2)ccc1C=O. The van der Waals surface area contributed by atoms with E-state index in [-0.39, 0.29) is 0 Å². The van der Waals surface area contributed by atoms with Gasteiger partial charge in [0.15, 0.2) is 0 Å². The number of benzene rings is 2. The Kier molecular flexibility index (Phi) is 7.59. The number of carbonyl (C=O) groups is 1. The molecule has 0 atom stereocenters. The fourth-order valence-electron chi connectivity index (χ4n) is 3.46. The van der Waals surface area contributed by atoms with Gasteiger partial charge in [0, 0.05) is 38.5 Å². The van der Waals surface area contributed by atoms with Crippen LogP contribution in [0.15, 0.2) is 78.0 Å². The molecule has 0 bridgehead atoms. The van der Waals surface area contributed by atoms with Crippen molar-refractivity contribution in [2.24, 2.45) is 0 Å². The number of hydrogen-bond acceptors (Lipinski definition) is 6. The second-order valence-electron chi connectivity index (χ2n) is 8.12. The third-order valence-corrected chi connectivity index (χ3v) is 7.17. The zero-order chi connectivity index (χ0) is 25.0. The van der Waals surface area contributed by atoms with Crippen LogP contribution >= 0.6 is 23.3 Å². The number of nitrogens with zero attached hydrogens (tertiary/aromatic N) is 2. The average Bonchev–Trinajstić information content (AvgIpc) is 3.33. The molecule has 0 aliphatic heterocycles. The van der Waals surface area contributed by atoms with Gasteiger partial charge in [0.25, 0.3) is 0 Å². The van der Waals surface area contributed by atoms with E-state index in [2.05, 4.69) is 15.8 Å². The van der Waals surface area contributed by atoms with Gasteiger partial charge in [0.05, 0.1) is 17.4 Å². The fraction of sp³-hybridized carbons (Fsp3) is 0.154. The van der Waals surface area contributed by atoms with Gasteiger partial charge in [0.2, 0.25) is 0 Å². The first-order valence-corrected chi connectivity index (χ1v) is 12.2. The van der Waals surface area contributed by atoms with Crippen LogP contribution in [0.1, 0.15) is 21.5 Å². The maximum absolute atomic E-state index is 12.7. The summed E-state index contributed by atoms with van der Waals surface area (Å²) < 4.78 is 41.4. The molecule has 35 heavy (non-hydrogen) atoms. The molecule has 1 N–H and O–H groups in total. The Hall–Kier alpha value is -3.14. The van der Waals surface area contributed by atoms with Crippen molar-refractivity contribution in [3.63, 3.8) is 0 Å². The average molecular weight is 514 g/mol. The number of anilines is 1. The van der Waals surface area contributed by atoms with Gasteiger partial charge in [-0.3, -0.25) is 9.78 Å². The molecule has 4 nitrogen and oxygen atoms in total. The topological polar surface area (TPSA) is 45.2 Å². The van der Waals surface area contributed by atoms with Crippen LogP contribution in [0, 0.1) is 0 Å². The minimum absolute atomic E-state index is 0.661. The minimum atomic E-state index is -4.35. The number of alkyl halides is 3. The predicted molar refractivity (Wildman–Crippen MR) is 137 cm³/mol. The van der Waals surface area contributed by atoms with E-state index in [0.717, 1.165) is 50.6 Å². The van der Waals surface area contributed by atoms with Crippen LogP contribution in [0.5, 0.6) is 0 Å². The molecule has 0 unspecified atom stereocenters. The van der Waals surface area contributed by atoms with Gasteiger partial charge in [-0.25, -0.2) is 0 Å². The van der Waals surface area contributed by atoms with Crippen LogP contribution in [-0.4, -0.2) is 30.3 Å². The first kappa shape index (κ1) is 25.0. The van der Waals surface area contributed by atoms with Crippen molar-refractivity contribution in [1.82, 2.24) is 9.88 Å².